The van der Waals surface area contributed by atoms with Gasteiger partial charge in [0.15, 0.2) is 17.3 Å². The van der Waals surface area contributed by atoms with E-state index in [4.69, 9.17) is 19.3 Å². The summed E-state index contributed by atoms with van der Waals surface area (Å²) in [4.78, 5) is 16.4. The summed E-state index contributed by atoms with van der Waals surface area (Å²) in [6.07, 6.45) is 0. The summed E-state index contributed by atoms with van der Waals surface area (Å²) in [7, 11) is 1.44. The molecule has 0 fully saturated rings. The lowest BCUT2D eigenvalue weighted by atomic mass is 10.1. The van der Waals surface area contributed by atoms with Crippen molar-refractivity contribution in [2.45, 2.75) is 6.92 Å². The number of hydrogen-bond acceptors (Lipinski definition) is 7. The lowest BCUT2D eigenvalue weighted by Gasteiger charge is -2.09. The molecule has 0 aliphatic carbocycles. The molecule has 0 saturated heterocycles. The molecule has 7 heteroatoms. The van der Waals surface area contributed by atoms with Gasteiger partial charge < -0.3 is 14.0 Å². The highest BCUT2D eigenvalue weighted by atomic mass is 16.6. The summed E-state index contributed by atoms with van der Waals surface area (Å²) in [5.74, 6) is 0.919. The Morgan fingerprint density at radius 3 is 2.52 bits per heavy atom. The topological polar surface area (TPSA) is 98.2 Å². The molecule has 7 nitrogen and oxygen atoms in total. The standard InChI is InChI=1S/C18H13N3O4/c1-11-20-17(25-21-11)13-4-6-14(7-5-13)18(22)24-15-8-3-12(10-19)9-16(15)23-2/h3-9H,1-2H3. The van der Waals surface area contributed by atoms with Gasteiger partial charge in [-0.25, -0.2) is 4.79 Å². The van der Waals surface area contributed by atoms with E-state index in [0.29, 0.717) is 34.2 Å². The van der Waals surface area contributed by atoms with Gasteiger partial charge in [-0.3, -0.25) is 0 Å². The van der Waals surface area contributed by atoms with Crippen molar-refractivity contribution in [3.05, 3.63) is 59.4 Å². The van der Waals surface area contributed by atoms with Crippen molar-refractivity contribution in [2.24, 2.45) is 0 Å². The van der Waals surface area contributed by atoms with Crippen LogP contribution in [-0.4, -0.2) is 23.2 Å². The first-order chi connectivity index (χ1) is 12.1. The molecule has 0 aliphatic heterocycles. The molecule has 0 aliphatic rings. The highest BCUT2D eigenvalue weighted by Gasteiger charge is 2.14. The third-order valence-corrected chi connectivity index (χ3v) is 3.39. The van der Waals surface area contributed by atoms with E-state index in [1.165, 1.54) is 19.2 Å². The monoisotopic (exact) mass is 335 g/mol. The van der Waals surface area contributed by atoms with E-state index in [1.807, 2.05) is 6.07 Å². The van der Waals surface area contributed by atoms with Gasteiger partial charge in [-0.05, 0) is 43.3 Å². The smallest absolute Gasteiger partial charge is 0.343 e. The van der Waals surface area contributed by atoms with Gasteiger partial charge in [-0.1, -0.05) is 5.16 Å². The van der Waals surface area contributed by atoms with Crippen LogP contribution in [0.15, 0.2) is 47.0 Å². The maximum absolute atomic E-state index is 12.3. The van der Waals surface area contributed by atoms with Crippen LogP contribution < -0.4 is 9.47 Å². The van der Waals surface area contributed by atoms with Gasteiger partial charge in [-0.15, -0.1) is 0 Å². The number of hydrogen-bond donors (Lipinski definition) is 0. The number of nitriles is 1. The van der Waals surface area contributed by atoms with E-state index in [-0.39, 0.29) is 5.75 Å². The second-order valence-electron chi connectivity index (χ2n) is 5.09. The van der Waals surface area contributed by atoms with Crippen molar-refractivity contribution < 1.29 is 18.8 Å². The maximum atomic E-state index is 12.3. The predicted molar refractivity (Wildman–Crippen MR) is 87.1 cm³/mol. The number of methoxy groups -OCH3 is 1. The Morgan fingerprint density at radius 2 is 1.92 bits per heavy atom. The molecule has 0 atom stereocenters. The van der Waals surface area contributed by atoms with Crippen LogP contribution in [0.4, 0.5) is 0 Å². The molecule has 25 heavy (non-hydrogen) atoms. The van der Waals surface area contributed by atoms with Crippen LogP contribution >= 0.6 is 0 Å². The van der Waals surface area contributed by atoms with E-state index in [2.05, 4.69) is 10.1 Å². The number of esters is 1. The zero-order valence-corrected chi connectivity index (χ0v) is 13.5. The fourth-order valence-corrected chi connectivity index (χ4v) is 2.14. The van der Waals surface area contributed by atoms with Crippen LogP contribution in [0.3, 0.4) is 0 Å². The summed E-state index contributed by atoms with van der Waals surface area (Å²) in [6, 6.07) is 13.2. The van der Waals surface area contributed by atoms with Crippen molar-refractivity contribution in [3.63, 3.8) is 0 Å². The van der Waals surface area contributed by atoms with Crippen LogP contribution in [0.2, 0.25) is 0 Å². The van der Waals surface area contributed by atoms with Gasteiger partial charge in [-0.2, -0.15) is 10.2 Å². The Kier molecular flexibility index (Phi) is 4.44. The van der Waals surface area contributed by atoms with Gasteiger partial charge >= 0.3 is 5.97 Å². The third-order valence-electron chi connectivity index (χ3n) is 3.39. The first kappa shape index (κ1) is 16.2. The van der Waals surface area contributed by atoms with Crippen LogP contribution in [0.5, 0.6) is 11.5 Å². The second kappa shape index (κ2) is 6.84. The molecule has 3 rings (SSSR count). The molecule has 0 amide bonds. The zero-order chi connectivity index (χ0) is 17.8. The zero-order valence-electron chi connectivity index (χ0n) is 13.5. The Morgan fingerprint density at radius 1 is 1.16 bits per heavy atom. The van der Waals surface area contributed by atoms with Crippen molar-refractivity contribution in [2.75, 3.05) is 7.11 Å². The molecular weight excluding hydrogens is 322 g/mol. The van der Waals surface area contributed by atoms with Gasteiger partial charge in [0.2, 0.25) is 0 Å². The number of nitrogens with zero attached hydrogens (tertiary/aromatic N) is 3. The molecule has 124 valence electrons. The molecule has 0 saturated carbocycles. The Bertz CT molecular complexity index is 955. The van der Waals surface area contributed by atoms with Gasteiger partial charge in [0.1, 0.15) is 0 Å². The Hall–Kier alpha value is -3.66. The maximum Gasteiger partial charge on any atom is 0.343 e. The average molecular weight is 335 g/mol. The predicted octanol–water partition coefficient (Wildman–Crippen LogP) is 3.14. The molecule has 2 aromatic carbocycles. The largest absolute Gasteiger partial charge is 0.493 e. The number of aromatic nitrogens is 2. The summed E-state index contributed by atoms with van der Waals surface area (Å²) in [5, 5.41) is 12.6. The van der Waals surface area contributed by atoms with Crippen LogP contribution in [0.1, 0.15) is 21.7 Å². The lowest BCUT2D eigenvalue weighted by Crippen LogP contribution is -2.09. The third kappa shape index (κ3) is 3.48. The number of rotatable bonds is 4. The first-order valence-corrected chi connectivity index (χ1v) is 7.32. The number of benzene rings is 2. The minimum absolute atomic E-state index is 0.239. The van der Waals surface area contributed by atoms with E-state index in [9.17, 15) is 4.79 Å². The van der Waals surface area contributed by atoms with Gasteiger partial charge in [0, 0.05) is 11.6 Å². The SMILES string of the molecule is COc1cc(C#N)ccc1OC(=O)c1ccc(-c2nc(C)no2)cc1. The molecule has 0 bridgehead atoms. The summed E-state index contributed by atoms with van der Waals surface area (Å²) in [6.45, 7) is 1.73. The van der Waals surface area contributed by atoms with E-state index in [1.54, 1.807) is 37.3 Å². The van der Waals surface area contributed by atoms with E-state index >= 15 is 0 Å². The average Bonchev–Trinajstić information content (AvgIpc) is 3.08. The molecule has 1 aromatic heterocycles. The highest BCUT2D eigenvalue weighted by molar-refractivity contribution is 5.91. The molecular formula is C18H13N3O4. The minimum atomic E-state index is -0.545. The van der Waals surface area contributed by atoms with Gasteiger partial charge in [0.05, 0.1) is 24.3 Å². The molecule has 1 heterocycles. The minimum Gasteiger partial charge on any atom is -0.493 e. The normalized spacial score (nSPS) is 10.1. The number of aryl methyl sites for hydroxylation is 1. The number of carbonyl (C=O) groups is 1. The quantitative estimate of drug-likeness (QED) is 0.533. The van der Waals surface area contributed by atoms with E-state index in [0.717, 1.165) is 0 Å². The first-order valence-electron chi connectivity index (χ1n) is 7.32. The molecule has 0 N–H and O–H groups in total. The molecule has 0 radical (unpaired) electrons. The van der Waals surface area contributed by atoms with Crippen LogP contribution in [0, 0.1) is 18.3 Å². The molecule has 0 spiro atoms. The lowest BCUT2D eigenvalue weighted by molar-refractivity contribution is 0.0729. The van der Waals surface area contributed by atoms with Crippen molar-refractivity contribution in [1.29, 1.82) is 5.26 Å². The van der Waals surface area contributed by atoms with Gasteiger partial charge in [0.25, 0.3) is 5.89 Å². The van der Waals surface area contributed by atoms with Crippen molar-refractivity contribution in [1.82, 2.24) is 10.1 Å². The molecule has 0 unspecified atom stereocenters. The van der Waals surface area contributed by atoms with Crippen LogP contribution in [0.25, 0.3) is 11.5 Å². The fourth-order valence-electron chi connectivity index (χ4n) is 2.14. The second-order valence-corrected chi connectivity index (χ2v) is 5.09. The highest BCUT2D eigenvalue weighted by Crippen LogP contribution is 2.28. The van der Waals surface area contributed by atoms with E-state index < -0.39 is 5.97 Å². The summed E-state index contributed by atoms with van der Waals surface area (Å²) in [5.41, 5.74) is 1.47. The number of ether oxygens (including phenoxy) is 2. The van der Waals surface area contributed by atoms with Crippen molar-refractivity contribution >= 4 is 5.97 Å². The molecule has 3 aromatic rings. The summed E-state index contributed by atoms with van der Waals surface area (Å²) < 4.78 is 15.6. The number of carbonyl (C=O) groups excluding carboxylic acids is 1. The fraction of sp³-hybridized carbons (Fsp3) is 0.111. The Labute approximate surface area is 143 Å². The van der Waals surface area contributed by atoms with Crippen LogP contribution in [-0.2, 0) is 0 Å². The van der Waals surface area contributed by atoms with Crippen molar-refractivity contribution in [3.8, 4) is 29.0 Å². The Balaban J connectivity index is 1.79. The summed E-state index contributed by atoms with van der Waals surface area (Å²) >= 11 is 0.